The number of anilines is 1. The van der Waals surface area contributed by atoms with Crippen molar-refractivity contribution in [3.63, 3.8) is 0 Å². The SMILES string of the molecule is COc1ccccc1C(=O)N(CC(=O)Nc1ccon1)CC1CC1. The van der Waals surface area contributed by atoms with E-state index >= 15 is 0 Å². The van der Waals surface area contributed by atoms with Crippen LogP contribution in [0.3, 0.4) is 0 Å². The minimum absolute atomic E-state index is 0.0414. The molecule has 1 aliphatic rings. The van der Waals surface area contributed by atoms with Crippen molar-refractivity contribution in [3.05, 3.63) is 42.2 Å². The van der Waals surface area contributed by atoms with Gasteiger partial charge in [0.05, 0.1) is 12.7 Å². The summed E-state index contributed by atoms with van der Waals surface area (Å²) in [4.78, 5) is 26.6. The van der Waals surface area contributed by atoms with Crippen LogP contribution in [-0.2, 0) is 4.79 Å². The van der Waals surface area contributed by atoms with Gasteiger partial charge in [-0.2, -0.15) is 0 Å². The van der Waals surface area contributed by atoms with E-state index in [1.165, 1.54) is 13.4 Å². The molecule has 1 aliphatic carbocycles. The Kier molecular flexibility index (Phi) is 4.79. The molecule has 0 saturated heterocycles. The summed E-state index contributed by atoms with van der Waals surface area (Å²) >= 11 is 0. The monoisotopic (exact) mass is 329 g/mol. The molecule has 1 saturated carbocycles. The first-order valence-corrected chi connectivity index (χ1v) is 7.80. The fourth-order valence-electron chi connectivity index (χ4n) is 2.46. The number of benzene rings is 1. The summed E-state index contributed by atoms with van der Waals surface area (Å²) in [6.45, 7) is 0.517. The molecule has 0 bridgehead atoms. The summed E-state index contributed by atoms with van der Waals surface area (Å²) in [6, 6.07) is 8.57. The topological polar surface area (TPSA) is 84.7 Å². The van der Waals surface area contributed by atoms with Crippen molar-refractivity contribution < 1.29 is 18.8 Å². The Morgan fingerprint density at radius 1 is 1.33 bits per heavy atom. The molecule has 24 heavy (non-hydrogen) atoms. The highest BCUT2D eigenvalue weighted by Crippen LogP contribution is 2.30. The van der Waals surface area contributed by atoms with Crippen molar-refractivity contribution in [2.45, 2.75) is 12.8 Å². The normalized spacial score (nSPS) is 13.4. The van der Waals surface area contributed by atoms with Gasteiger partial charge < -0.3 is 19.5 Å². The van der Waals surface area contributed by atoms with Crippen LogP contribution >= 0.6 is 0 Å². The number of carbonyl (C=O) groups is 2. The Morgan fingerprint density at radius 3 is 2.79 bits per heavy atom. The van der Waals surface area contributed by atoms with Crippen molar-refractivity contribution >= 4 is 17.6 Å². The third kappa shape index (κ3) is 3.92. The predicted octanol–water partition coefficient (Wildman–Crippen LogP) is 2.17. The lowest BCUT2D eigenvalue weighted by Crippen LogP contribution is -2.39. The van der Waals surface area contributed by atoms with Crippen LogP contribution in [0.1, 0.15) is 23.2 Å². The molecule has 7 heteroatoms. The summed E-state index contributed by atoms with van der Waals surface area (Å²) in [5, 5.41) is 6.25. The fraction of sp³-hybridized carbons (Fsp3) is 0.353. The summed E-state index contributed by atoms with van der Waals surface area (Å²) in [5.74, 6) is 0.766. The number of para-hydroxylation sites is 1. The maximum absolute atomic E-state index is 12.9. The molecular weight excluding hydrogens is 310 g/mol. The first kappa shape index (κ1) is 16.0. The number of hydrogen-bond acceptors (Lipinski definition) is 5. The van der Waals surface area contributed by atoms with Crippen LogP contribution in [0.2, 0.25) is 0 Å². The van der Waals surface area contributed by atoms with Gasteiger partial charge in [0.2, 0.25) is 5.91 Å². The van der Waals surface area contributed by atoms with Gasteiger partial charge in [-0.1, -0.05) is 17.3 Å². The van der Waals surface area contributed by atoms with Crippen LogP contribution in [0.15, 0.2) is 41.1 Å². The van der Waals surface area contributed by atoms with Crippen molar-refractivity contribution in [3.8, 4) is 5.75 Å². The van der Waals surface area contributed by atoms with Gasteiger partial charge in [-0.25, -0.2) is 0 Å². The molecule has 126 valence electrons. The first-order chi connectivity index (χ1) is 11.7. The Labute approximate surface area is 139 Å². The van der Waals surface area contributed by atoms with E-state index in [0.29, 0.717) is 29.6 Å². The van der Waals surface area contributed by atoms with E-state index in [1.54, 1.807) is 35.2 Å². The summed E-state index contributed by atoms with van der Waals surface area (Å²) in [5.41, 5.74) is 0.454. The Bertz CT molecular complexity index is 710. The lowest BCUT2D eigenvalue weighted by atomic mass is 10.1. The molecule has 0 spiro atoms. The van der Waals surface area contributed by atoms with Crippen LogP contribution in [-0.4, -0.2) is 42.1 Å². The van der Waals surface area contributed by atoms with Crippen LogP contribution in [0.4, 0.5) is 5.82 Å². The van der Waals surface area contributed by atoms with Gasteiger partial charge in [0.15, 0.2) is 5.82 Å². The molecule has 0 radical (unpaired) electrons. The quantitative estimate of drug-likeness (QED) is 0.841. The number of carbonyl (C=O) groups excluding carboxylic acids is 2. The van der Waals surface area contributed by atoms with Gasteiger partial charge in [-0.15, -0.1) is 0 Å². The average Bonchev–Trinajstić information content (AvgIpc) is 3.27. The maximum Gasteiger partial charge on any atom is 0.258 e. The van der Waals surface area contributed by atoms with Crippen molar-refractivity contribution in [2.75, 3.05) is 25.5 Å². The largest absolute Gasteiger partial charge is 0.496 e. The Morgan fingerprint density at radius 2 is 2.12 bits per heavy atom. The van der Waals surface area contributed by atoms with Gasteiger partial charge >= 0.3 is 0 Å². The van der Waals surface area contributed by atoms with E-state index in [2.05, 4.69) is 15.0 Å². The zero-order valence-electron chi connectivity index (χ0n) is 13.4. The maximum atomic E-state index is 12.9. The van der Waals surface area contributed by atoms with Gasteiger partial charge in [0, 0.05) is 12.6 Å². The summed E-state index contributed by atoms with van der Waals surface area (Å²) < 4.78 is 9.94. The van der Waals surface area contributed by atoms with Crippen LogP contribution in [0.25, 0.3) is 0 Å². The first-order valence-electron chi connectivity index (χ1n) is 7.80. The number of hydrogen-bond donors (Lipinski definition) is 1. The number of methoxy groups -OCH3 is 1. The van der Waals surface area contributed by atoms with Crippen LogP contribution in [0.5, 0.6) is 5.75 Å². The van der Waals surface area contributed by atoms with Crippen molar-refractivity contribution in [2.24, 2.45) is 5.92 Å². The molecule has 3 rings (SSSR count). The van der Waals surface area contributed by atoms with E-state index in [0.717, 1.165) is 12.8 Å². The fourth-order valence-corrected chi connectivity index (χ4v) is 2.46. The predicted molar refractivity (Wildman–Crippen MR) is 86.8 cm³/mol. The number of nitrogens with one attached hydrogen (secondary N) is 1. The van der Waals surface area contributed by atoms with E-state index in [1.807, 2.05) is 0 Å². The standard InChI is InChI=1S/C17H19N3O4/c1-23-14-5-3-2-4-13(14)17(22)20(10-12-6-7-12)11-16(21)18-15-8-9-24-19-15/h2-5,8-9,12H,6-7,10-11H2,1H3,(H,18,19,21). The lowest BCUT2D eigenvalue weighted by molar-refractivity contribution is -0.117. The highest BCUT2D eigenvalue weighted by molar-refractivity contribution is 6.00. The molecule has 0 atom stereocenters. The number of aromatic nitrogens is 1. The van der Waals surface area contributed by atoms with Crippen LogP contribution < -0.4 is 10.1 Å². The molecular formula is C17H19N3O4. The highest BCUT2D eigenvalue weighted by atomic mass is 16.5. The number of rotatable bonds is 7. The molecule has 7 nitrogen and oxygen atoms in total. The third-order valence-corrected chi connectivity index (χ3v) is 3.84. The zero-order chi connectivity index (χ0) is 16.9. The average molecular weight is 329 g/mol. The van der Waals surface area contributed by atoms with E-state index in [-0.39, 0.29) is 18.4 Å². The van der Waals surface area contributed by atoms with Crippen molar-refractivity contribution in [1.82, 2.24) is 10.1 Å². The number of amides is 2. The molecule has 0 unspecified atom stereocenters. The highest BCUT2D eigenvalue weighted by Gasteiger charge is 2.29. The minimum atomic E-state index is -0.312. The molecule has 1 fully saturated rings. The van der Waals surface area contributed by atoms with Crippen molar-refractivity contribution in [1.29, 1.82) is 0 Å². The molecule has 1 N–H and O–H groups in total. The second kappa shape index (κ2) is 7.16. The second-order valence-corrected chi connectivity index (χ2v) is 5.76. The minimum Gasteiger partial charge on any atom is -0.496 e. The van der Waals surface area contributed by atoms with Gasteiger partial charge in [-0.3, -0.25) is 9.59 Å². The molecule has 2 amide bonds. The molecule has 2 aromatic rings. The smallest absolute Gasteiger partial charge is 0.258 e. The Balaban J connectivity index is 1.73. The van der Waals surface area contributed by atoms with E-state index in [9.17, 15) is 9.59 Å². The Hall–Kier alpha value is -2.83. The summed E-state index contributed by atoms with van der Waals surface area (Å²) in [6.07, 6.45) is 3.54. The molecule has 1 aromatic heterocycles. The lowest BCUT2D eigenvalue weighted by Gasteiger charge is -2.22. The van der Waals surface area contributed by atoms with Gasteiger partial charge in [-0.05, 0) is 30.9 Å². The van der Waals surface area contributed by atoms with Gasteiger partial charge in [0.25, 0.3) is 5.91 Å². The second-order valence-electron chi connectivity index (χ2n) is 5.76. The molecule has 1 aromatic carbocycles. The zero-order valence-corrected chi connectivity index (χ0v) is 13.4. The van der Waals surface area contributed by atoms with E-state index in [4.69, 9.17) is 4.74 Å². The third-order valence-electron chi connectivity index (χ3n) is 3.84. The number of nitrogens with zero attached hydrogens (tertiary/aromatic N) is 2. The van der Waals surface area contributed by atoms with E-state index < -0.39 is 0 Å². The van der Waals surface area contributed by atoms with Crippen LogP contribution in [0, 0.1) is 5.92 Å². The molecule has 1 heterocycles. The summed E-state index contributed by atoms with van der Waals surface area (Å²) in [7, 11) is 1.52. The molecule has 0 aliphatic heterocycles. The number of ether oxygens (including phenoxy) is 1. The van der Waals surface area contributed by atoms with Gasteiger partial charge in [0.1, 0.15) is 18.6 Å².